The first-order valence-electron chi connectivity index (χ1n) is 10.3. The van der Waals surface area contributed by atoms with Crippen molar-refractivity contribution in [3.8, 4) is 0 Å². The van der Waals surface area contributed by atoms with E-state index in [2.05, 4.69) is 35.4 Å². The molecule has 0 radical (unpaired) electrons. The number of imidazole rings is 1. The van der Waals surface area contributed by atoms with Gasteiger partial charge in [-0.1, -0.05) is 6.07 Å². The van der Waals surface area contributed by atoms with E-state index in [1.807, 2.05) is 16.5 Å². The van der Waals surface area contributed by atoms with Crippen LogP contribution in [0.3, 0.4) is 0 Å². The predicted octanol–water partition coefficient (Wildman–Crippen LogP) is 2.31. The Kier molecular flexibility index (Phi) is 5.55. The molecule has 0 bridgehead atoms. The molecule has 2 saturated heterocycles. The zero-order valence-corrected chi connectivity index (χ0v) is 16.9. The Morgan fingerprint density at radius 2 is 2.25 bits per heavy atom. The van der Waals surface area contributed by atoms with Crippen LogP contribution in [-0.2, 0) is 18.3 Å². The van der Waals surface area contributed by atoms with Crippen LogP contribution in [0.15, 0.2) is 18.2 Å². The molecule has 152 valence electrons. The van der Waals surface area contributed by atoms with Crippen molar-refractivity contribution >= 4 is 17.1 Å². The summed E-state index contributed by atoms with van der Waals surface area (Å²) in [7, 11) is 1.99. The summed E-state index contributed by atoms with van der Waals surface area (Å²) in [5, 5.41) is 3.06. The summed E-state index contributed by atoms with van der Waals surface area (Å²) in [6.07, 6.45) is 4.14. The minimum Gasteiger partial charge on any atom is -0.378 e. The maximum atomic E-state index is 12.8. The van der Waals surface area contributed by atoms with E-state index in [-0.39, 0.29) is 18.2 Å². The van der Waals surface area contributed by atoms with Crippen molar-refractivity contribution in [2.45, 2.75) is 51.3 Å². The van der Waals surface area contributed by atoms with Crippen LogP contribution in [0.2, 0.25) is 0 Å². The standard InChI is InChI=1S/C21H31N5O2/c1-14-5-6-18-17(10-14)24-20(25(18)2)12-23-21(27)26-8-3-4-15(13-26)19-11-16(22)7-9-28-19/h5-6,10,15-16,19H,3-4,7-9,11-13,22H2,1-2H3,(H,23,27). The third kappa shape index (κ3) is 4.00. The molecule has 0 spiro atoms. The van der Waals surface area contributed by atoms with Gasteiger partial charge in [0.25, 0.3) is 0 Å². The number of hydrogen-bond acceptors (Lipinski definition) is 4. The van der Waals surface area contributed by atoms with E-state index in [0.717, 1.165) is 62.2 Å². The van der Waals surface area contributed by atoms with Crippen LogP contribution in [0.5, 0.6) is 0 Å². The molecule has 3 N–H and O–H groups in total. The van der Waals surface area contributed by atoms with Gasteiger partial charge in [-0.3, -0.25) is 0 Å². The van der Waals surface area contributed by atoms with Gasteiger partial charge in [-0.2, -0.15) is 0 Å². The van der Waals surface area contributed by atoms with Gasteiger partial charge >= 0.3 is 6.03 Å². The number of amides is 2. The van der Waals surface area contributed by atoms with Gasteiger partial charge in [0.2, 0.25) is 0 Å². The van der Waals surface area contributed by atoms with Gasteiger partial charge in [0.15, 0.2) is 0 Å². The average molecular weight is 386 g/mol. The van der Waals surface area contributed by atoms with Crippen LogP contribution in [-0.4, -0.2) is 52.3 Å². The molecule has 7 nitrogen and oxygen atoms in total. The first-order chi connectivity index (χ1) is 13.5. The Morgan fingerprint density at radius 1 is 1.39 bits per heavy atom. The fourth-order valence-corrected chi connectivity index (χ4v) is 4.47. The summed E-state index contributed by atoms with van der Waals surface area (Å²) >= 11 is 0. The number of aromatic nitrogens is 2. The maximum absolute atomic E-state index is 12.8. The normalized spacial score (nSPS) is 25.8. The number of nitrogens with two attached hydrogens (primary N) is 1. The smallest absolute Gasteiger partial charge is 0.317 e. The molecule has 2 aliphatic rings. The first kappa shape index (κ1) is 19.2. The third-order valence-corrected chi connectivity index (χ3v) is 6.15. The molecule has 0 saturated carbocycles. The molecule has 4 rings (SSSR count). The summed E-state index contributed by atoms with van der Waals surface area (Å²) in [4.78, 5) is 19.4. The second kappa shape index (κ2) is 8.09. The molecule has 3 unspecified atom stereocenters. The van der Waals surface area contributed by atoms with Gasteiger partial charge in [0, 0.05) is 38.7 Å². The predicted molar refractivity (Wildman–Crippen MR) is 109 cm³/mol. The highest BCUT2D eigenvalue weighted by Crippen LogP contribution is 2.27. The van der Waals surface area contributed by atoms with Crippen LogP contribution in [0.25, 0.3) is 11.0 Å². The quantitative estimate of drug-likeness (QED) is 0.849. The van der Waals surface area contributed by atoms with Crippen molar-refractivity contribution in [1.82, 2.24) is 19.8 Å². The summed E-state index contributed by atoms with van der Waals surface area (Å²) in [5.74, 6) is 1.24. The third-order valence-electron chi connectivity index (χ3n) is 6.15. The second-order valence-corrected chi connectivity index (χ2v) is 8.28. The number of rotatable bonds is 3. The van der Waals surface area contributed by atoms with Gasteiger partial charge in [-0.25, -0.2) is 9.78 Å². The van der Waals surface area contributed by atoms with Crippen LogP contribution < -0.4 is 11.1 Å². The topological polar surface area (TPSA) is 85.4 Å². The molecule has 2 amide bonds. The number of aryl methyl sites for hydroxylation is 2. The lowest BCUT2D eigenvalue weighted by atomic mass is 9.87. The largest absolute Gasteiger partial charge is 0.378 e. The van der Waals surface area contributed by atoms with Crippen LogP contribution in [0.1, 0.15) is 37.1 Å². The summed E-state index contributed by atoms with van der Waals surface area (Å²) in [6, 6.07) is 6.44. The number of carbonyl (C=O) groups excluding carboxylic acids is 1. The Labute approximate surface area is 166 Å². The van der Waals surface area contributed by atoms with Gasteiger partial charge in [0.1, 0.15) is 5.82 Å². The second-order valence-electron chi connectivity index (χ2n) is 8.28. The maximum Gasteiger partial charge on any atom is 0.317 e. The first-order valence-corrected chi connectivity index (χ1v) is 10.3. The van der Waals surface area contributed by atoms with Crippen molar-refractivity contribution in [3.63, 3.8) is 0 Å². The van der Waals surface area contributed by atoms with Gasteiger partial charge in [0.05, 0.1) is 23.7 Å². The summed E-state index contributed by atoms with van der Waals surface area (Å²) in [5.41, 5.74) is 9.35. The zero-order valence-electron chi connectivity index (χ0n) is 16.9. The summed E-state index contributed by atoms with van der Waals surface area (Å²) in [6.45, 7) is 4.76. The highest BCUT2D eigenvalue weighted by atomic mass is 16.5. The molecule has 1 aromatic heterocycles. The molecular weight excluding hydrogens is 354 g/mol. The van der Waals surface area contributed by atoms with Gasteiger partial charge in [-0.15, -0.1) is 0 Å². The molecule has 2 fully saturated rings. The minimum atomic E-state index is -0.0203. The summed E-state index contributed by atoms with van der Waals surface area (Å²) < 4.78 is 8.00. The molecule has 1 aromatic carbocycles. The number of carbonyl (C=O) groups is 1. The van der Waals surface area contributed by atoms with E-state index in [1.54, 1.807) is 0 Å². The Bertz CT molecular complexity index is 849. The lowest BCUT2D eigenvalue weighted by Gasteiger charge is -2.39. The van der Waals surface area contributed by atoms with Crippen molar-refractivity contribution in [1.29, 1.82) is 0 Å². The molecule has 0 aliphatic carbocycles. The number of nitrogens with one attached hydrogen (secondary N) is 1. The van der Waals surface area contributed by atoms with E-state index < -0.39 is 0 Å². The number of piperidine rings is 1. The molecule has 7 heteroatoms. The Balaban J connectivity index is 1.36. The van der Waals surface area contributed by atoms with E-state index in [4.69, 9.17) is 10.5 Å². The van der Waals surface area contributed by atoms with E-state index in [1.165, 1.54) is 5.56 Å². The zero-order chi connectivity index (χ0) is 19.7. The van der Waals surface area contributed by atoms with E-state index in [0.29, 0.717) is 12.5 Å². The molecule has 2 aliphatic heterocycles. The fraction of sp³-hybridized carbons (Fsp3) is 0.619. The lowest BCUT2D eigenvalue weighted by Crippen LogP contribution is -2.50. The van der Waals surface area contributed by atoms with Gasteiger partial charge < -0.3 is 25.3 Å². The van der Waals surface area contributed by atoms with Gasteiger partial charge in [-0.05, 0) is 50.3 Å². The Morgan fingerprint density at radius 3 is 3.07 bits per heavy atom. The van der Waals surface area contributed by atoms with Crippen molar-refractivity contribution in [3.05, 3.63) is 29.6 Å². The average Bonchev–Trinajstić information content (AvgIpc) is 3.01. The number of hydrogen-bond donors (Lipinski definition) is 2. The highest BCUT2D eigenvalue weighted by molar-refractivity contribution is 5.77. The van der Waals surface area contributed by atoms with E-state index in [9.17, 15) is 4.79 Å². The monoisotopic (exact) mass is 385 g/mol. The number of fused-ring (bicyclic) bond motifs is 1. The van der Waals surface area contributed by atoms with Crippen LogP contribution in [0.4, 0.5) is 4.79 Å². The SMILES string of the molecule is Cc1ccc2c(c1)nc(CNC(=O)N1CCCC(C3CC(N)CCO3)C1)n2C. The van der Waals surface area contributed by atoms with E-state index >= 15 is 0 Å². The van der Waals surface area contributed by atoms with Crippen LogP contribution >= 0.6 is 0 Å². The molecule has 2 aromatic rings. The van der Waals surface area contributed by atoms with Crippen molar-refractivity contribution < 1.29 is 9.53 Å². The molecular formula is C21H31N5O2. The minimum absolute atomic E-state index is 0.0203. The molecule has 28 heavy (non-hydrogen) atoms. The van der Waals surface area contributed by atoms with Crippen molar-refractivity contribution in [2.24, 2.45) is 18.7 Å². The van der Waals surface area contributed by atoms with Crippen LogP contribution in [0, 0.1) is 12.8 Å². The fourth-order valence-electron chi connectivity index (χ4n) is 4.47. The highest BCUT2D eigenvalue weighted by Gasteiger charge is 2.32. The number of likely N-dealkylation sites (tertiary alicyclic amines) is 1. The number of nitrogens with zero attached hydrogens (tertiary/aromatic N) is 3. The number of urea groups is 1. The Hall–Kier alpha value is -2.12. The lowest BCUT2D eigenvalue weighted by molar-refractivity contribution is -0.0425. The number of ether oxygens (including phenoxy) is 1. The molecule has 3 atom stereocenters. The van der Waals surface area contributed by atoms with Crippen molar-refractivity contribution in [2.75, 3.05) is 19.7 Å². The number of benzene rings is 1. The molecule has 3 heterocycles.